The fourth-order valence-electron chi connectivity index (χ4n) is 0.704. The molecule has 0 radical (unpaired) electrons. The highest BCUT2D eigenvalue weighted by atomic mass is 32.1. The Hall–Kier alpha value is -1.30. The zero-order valence-corrected chi connectivity index (χ0v) is 5.67. The van der Waals surface area contributed by atoms with Crippen LogP contribution in [-0.4, -0.2) is 19.7 Å². The van der Waals surface area contributed by atoms with Gasteiger partial charge in [-0.1, -0.05) is 11.3 Å². The Kier molecular flexibility index (Phi) is 0.877. The molecule has 0 spiro atoms. The summed E-state index contributed by atoms with van der Waals surface area (Å²) >= 11 is 1.23. The standard InChI is InChI=1S/C4H4N4OS/c5-3-7-8-1-2(9)6-4(8)10-3/h1,9H,(H2,5,7). The highest BCUT2D eigenvalue weighted by Gasteiger charge is 2.03. The van der Waals surface area contributed by atoms with Crippen LogP contribution in [0.2, 0.25) is 0 Å². The summed E-state index contributed by atoms with van der Waals surface area (Å²) in [6, 6.07) is 0. The fourth-order valence-corrected chi connectivity index (χ4v) is 1.35. The number of aromatic hydroxyl groups is 1. The van der Waals surface area contributed by atoms with Gasteiger partial charge in [0.1, 0.15) is 0 Å². The van der Waals surface area contributed by atoms with Gasteiger partial charge in [-0.2, -0.15) is 4.98 Å². The Labute approximate surface area is 59.7 Å². The van der Waals surface area contributed by atoms with E-state index in [1.807, 2.05) is 0 Å². The van der Waals surface area contributed by atoms with Gasteiger partial charge in [0.2, 0.25) is 16.0 Å². The topological polar surface area (TPSA) is 76.4 Å². The summed E-state index contributed by atoms with van der Waals surface area (Å²) in [6.07, 6.45) is 1.40. The van der Waals surface area contributed by atoms with Crippen LogP contribution < -0.4 is 5.73 Å². The molecule has 6 heteroatoms. The zero-order valence-electron chi connectivity index (χ0n) is 4.85. The first-order valence-electron chi connectivity index (χ1n) is 2.56. The molecule has 0 fully saturated rings. The summed E-state index contributed by atoms with van der Waals surface area (Å²) < 4.78 is 1.44. The summed E-state index contributed by atoms with van der Waals surface area (Å²) in [6.45, 7) is 0. The number of hydrogen-bond donors (Lipinski definition) is 2. The van der Waals surface area contributed by atoms with Crippen molar-refractivity contribution < 1.29 is 5.11 Å². The third-order valence-electron chi connectivity index (χ3n) is 1.05. The lowest BCUT2D eigenvalue weighted by Crippen LogP contribution is -1.84. The smallest absolute Gasteiger partial charge is 0.232 e. The van der Waals surface area contributed by atoms with Crippen LogP contribution in [0.25, 0.3) is 4.96 Å². The van der Waals surface area contributed by atoms with E-state index in [1.54, 1.807) is 0 Å². The Balaban J connectivity index is 2.83. The first kappa shape index (κ1) is 5.48. The summed E-state index contributed by atoms with van der Waals surface area (Å²) in [4.78, 5) is 4.34. The number of nitrogens with zero attached hydrogens (tertiary/aromatic N) is 3. The van der Waals surface area contributed by atoms with E-state index < -0.39 is 0 Å². The molecule has 0 bridgehead atoms. The van der Waals surface area contributed by atoms with E-state index in [-0.39, 0.29) is 5.88 Å². The molecule has 2 rings (SSSR count). The lowest BCUT2D eigenvalue weighted by atomic mass is 10.9. The molecule has 0 saturated heterocycles. The summed E-state index contributed by atoms with van der Waals surface area (Å²) in [5, 5.41) is 13.1. The molecule has 0 aliphatic rings. The number of rotatable bonds is 0. The van der Waals surface area contributed by atoms with Gasteiger partial charge in [0, 0.05) is 0 Å². The second kappa shape index (κ2) is 1.60. The van der Waals surface area contributed by atoms with E-state index >= 15 is 0 Å². The number of hydrogen-bond acceptors (Lipinski definition) is 5. The number of anilines is 1. The van der Waals surface area contributed by atoms with Gasteiger partial charge >= 0.3 is 0 Å². The van der Waals surface area contributed by atoms with Crippen LogP contribution in [0.3, 0.4) is 0 Å². The van der Waals surface area contributed by atoms with Crippen LogP contribution >= 0.6 is 11.3 Å². The third-order valence-corrected chi connectivity index (χ3v) is 1.80. The van der Waals surface area contributed by atoms with Gasteiger partial charge < -0.3 is 10.8 Å². The molecule has 2 heterocycles. The molecule has 5 nitrogen and oxygen atoms in total. The van der Waals surface area contributed by atoms with Crippen LogP contribution in [0, 0.1) is 0 Å². The maximum absolute atomic E-state index is 8.83. The average molecular weight is 156 g/mol. The molecule has 0 aliphatic carbocycles. The minimum Gasteiger partial charge on any atom is -0.492 e. The number of nitrogen functional groups attached to an aromatic ring is 1. The Morgan fingerprint density at radius 3 is 3.20 bits per heavy atom. The van der Waals surface area contributed by atoms with E-state index in [9.17, 15) is 0 Å². The number of fused-ring (bicyclic) bond motifs is 1. The van der Waals surface area contributed by atoms with Crippen molar-refractivity contribution in [2.75, 3.05) is 5.73 Å². The second-order valence-corrected chi connectivity index (χ2v) is 2.75. The number of imidazole rings is 1. The molecule has 52 valence electrons. The summed E-state index contributed by atoms with van der Waals surface area (Å²) in [7, 11) is 0. The number of nitrogens with two attached hydrogens (primary N) is 1. The minimum absolute atomic E-state index is 0.0289. The first-order valence-corrected chi connectivity index (χ1v) is 3.38. The minimum atomic E-state index is -0.0289. The van der Waals surface area contributed by atoms with Gasteiger partial charge in [-0.25, -0.2) is 4.52 Å². The highest BCUT2D eigenvalue weighted by Crippen LogP contribution is 2.17. The Morgan fingerprint density at radius 1 is 1.70 bits per heavy atom. The molecule has 0 atom stereocenters. The normalized spacial score (nSPS) is 10.8. The predicted molar refractivity (Wildman–Crippen MR) is 36.9 cm³/mol. The van der Waals surface area contributed by atoms with Crippen molar-refractivity contribution in [2.45, 2.75) is 0 Å². The second-order valence-electron chi connectivity index (χ2n) is 1.77. The molecule has 2 aromatic rings. The molecule has 10 heavy (non-hydrogen) atoms. The molecule has 0 amide bonds. The van der Waals surface area contributed by atoms with Crippen molar-refractivity contribution >= 4 is 21.4 Å². The van der Waals surface area contributed by atoms with Gasteiger partial charge in [-0.3, -0.25) is 0 Å². The molecule has 0 unspecified atom stereocenters. The molecule has 3 N–H and O–H groups in total. The van der Waals surface area contributed by atoms with Crippen LogP contribution in [0.5, 0.6) is 5.88 Å². The molecule has 2 aromatic heterocycles. The van der Waals surface area contributed by atoms with Crippen LogP contribution in [0.15, 0.2) is 6.20 Å². The van der Waals surface area contributed by atoms with Crippen LogP contribution in [0.4, 0.5) is 5.13 Å². The van der Waals surface area contributed by atoms with Crippen molar-refractivity contribution in [2.24, 2.45) is 0 Å². The number of aromatic nitrogens is 3. The van der Waals surface area contributed by atoms with Crippen molar-refractivity contribution in [3.63, 3.8) is 0 Å². The van der Waals surface area contributed by atoms with Gasteiger partial charge in [-0.05, 0) is 0 Å². The Morgan fingerprint density at radius 2 is 2.50 bits per heavy atom. The van der Waals surface area contributed by atoms with Crippen LogP contribution in [0.1, 0.15) is 0 Å². The summed E-state index contributed by atoms with van der Waals surface area (Å²) in [5.41, 5.74) is 5.35. The quantitative estimate of drug-likeness (QED) is 0.566. The van der Waals surface area contributed by atoms with Gasteiger partial charge in [0.25, 0.3) is 0 Å². The first-order chi connectivity index (χ1) is 4.75. The van der Waals surface area contributed by atoms with Crippen LogP contribution in [-0.2, 0) is 0 Å². The van der Waals surface area contributed by atoms with Gasteiger partial charge in [0.05, 0.1) is 6.20 Å². The van der Waals surface area contributed by atoms with Crippen molar-refractivity contribution in [1.29, 1.82) is 0 Å². The van der Waals surface area contributed by atoms with E-state index in [0.29, 0.717) is 10.1 Å². The monoisotopic (exact) mass is 156 g/mol. The SMILES string of the molecule is Nc1nn2cc(O)nc2s1. The van der Waals surface area contributed by atoms with E-state index in [1.165, 1.54) is 22.0 Å². The van der Waals surface area contributed by atoms with Crippen molar-refractivity contribution in [3.05, 3.63) is 6.20 Å². The zero-order chi connectivity index (χ0) is 7.14. The Bertz CT molecular complexity index is 301. The molecule has 0 aromatic carbocycles. The van der Waals surface area contributed by atoms with E-state index in [0.717, 1.165) is 0 Å². The largest absolute Gasteiger partial charge is 0.492 e. The maximum atomic E-state index is 8.83. The fraction of sp³-hybridized carbons (Fsp3) is 0. The van der Waals surface area contributed by atoms with Gasteiger partial charge in [-0.15, -0.1) is 5.10 Å². The molecular formula is C4H4N4OS. The lowest BCUT2D eigenvalue weighted by molar-refractivity contribution is 0.457. The summed E-state index contributed by atoms with van der Waals surface area (Å²) in [5.74, 6) is -0.0289. The van der Waals surface area contributed by atoms with E-state index in [2.05, 4.69) is 10.1 Å². The lowest BCUT2D eigenvalue weighted by Gasteiger charge is -1.74. The molecular weight excluding hydrogens is 152 g/mol. The van der Waals surface area contributed by atoms with Crippen molar-refractivity contribution in [3.8, 4) is 5.88 Å². The van der Waals surface area contributed by atoms with Gasteiger partial charge in [0.15, 0.2) is 0 Å². The van der Waals surface area contributed by atoms with Crippen molar-refractivity contribution in [1.82, 2.24) is 14.6 Å². The molecule has 0 saturated carbocycles. The molecule has 0 aliphatic heterocycles. The predicted octanol–water partition coefficient (Wildman–Crippen LogP) is 0.0786. The third kappa shape index (κ3) is 0.623. The maximum Gasteiger partial charge on any atom is 0.232 e. The highest BCUT2D eigenvalue weighted by molar-refractivity contribution is 7.20. The van der Waals surface area contributed by atoms with E-state index in [4.69, 9.17) is 10.8 Å². The average Bonchev–Trinajstić information content (AvgIpc) is 2.21.